The molecule has 0 fully saturated rings. The number of hydrogen-bond acceptors (Lipinski definition) is 6. The Labute approximate surface area is 187 Å². The molecule has 166 valence electrons. The topological polar surface area (TPSA) is 90.6 Å². The quantitative estimate of drug-likeness (QED) is 0.487. The van der Waals surface area contributed by atoms with Crippen LogP contribution in [-0.2, 0) is 22.6 Å². The van der Waals surface area contributed by atoms with E-state index in [4.69, 9.17) is 10.5 Å². The van der Waals surface area contributed by atoms with E-state index in [-0.39, 0.29) is 6.09 Å². The zero-order valence-electron chi connectivity index (χ0n) is 18.8. The van der Waals surface area contributed by atoms with Gasteiger partial charge in [0.1, 0.15) is 16.5 Å². The van der Waals surface area contributed by atoms with Crippen LogP contribution in [0.5, 0.6) is 0 Å². The number of benzene rings is 1. The lowest BCUT2D eigenvalue weighted by Crippen LogP contribution is -2.43. The van der Waals surface area contributed by atoms with Gasteiger partial charge >= 0.3 is 6.09 Å². The molecule has 1 heterocycles. The summed E-state index contributed by atoms with van der Waals surface area (Å²) in [5.41, 5.74) is 8.75. The van der Waals surface area contributed by atoms with Crippen molar-refractivity contribution in [2.24, 2.45) is 5.73 Å². The summed E-state index contributed by atoms with van der Waals surface area (Å²) in [6.07, 6.45) is -0.875. The third-order valence-electron chi connectivity index (χ3n) is 4.16. The number of nitrogens with zero attached hydrogens (tertiary/aromatic N) is 1. The zero-order chi connectivity index (χ0) is 22.7. The van der Waals surface area contributed by atoms with Gasteiger partial charge in [0.15, 0.2) is 0 Å². The Hall–Kier alpha value is -1.58. The lowest BCUT2D eigenvalue weighted by molar-refractivity contribution is 0.0285. The largest absolute Gasteiger partial charge is 0.598 e. The highest BCUT2D eigenvalue weighted by molar-refractivity contribution is 7.90. The average Bonchev–Trinajstić information content (AvgIpc) is 3.09. The second kappa shape index (κ2) is 9.70. The summed E-state index contributed by atoms with van der Waals surface area (Å²) in [4.78, 5) is 14.8. The molecular weight excluding hydrogens is 418 g/mol. The summed E-state index contributed by atoms with van der Waals surface area (Å²) in [7, 11) is 1.73. The molecule has 0 aliphatic rings. The summed E-state index contributed by atoms with van der Waals surface area (Å²) >= 11 is 0.264. The molecule has 0 aliphatic heterocycles. The lowest BCUT2D eigenvalue weighted by atomic mass is 10.0. The second-order valence-electron chi connectivity index (χ2n) is 9.21. The highest BCUT2D eigenvalue weighted by Crippen LogP contribution is 2.31. The minimum atomic E-state index is -1.26. The van der Waals surface area contributed by atoms with Crippen molar-refractivity contribution in [3.63, 3.8) is 0 Å². The molecule has 2 atom stereocenters. The molecule has 0 radical (unpaired) electrons. The number of carbonyl (C=O) groups is 1. The number of rotatable bonds is 6. The first-order valence-electron chi connectivity index (χ1n) is 9.82. The zero-order valence-corrected chi connectivity index (χ0v) is 20.4. The first-order chi connectivity index (χ1) is 13.8. The first kappa shape index (κ1) is 24.7. The number of carbonyl (C=O) groups excluding carboxylic acids is 1. The van der Waals surface area contributed by atoms with Crippen LogP contribution in [0.4, 0.5) is 4.79 Å². The number of amides is 1. The normalized spacial score (nSPS) is 14.3. The van der Waals surface area contributed by atoms with Gasteiger partial charge in [0.05, 0.1) is 0 Å². The molecule has 0 bridgehead atoms. The van der Waals surface area contributed by atoms with Gasteiger partial charge in [-0.15, -0.1) is 16.1 Å². The second-order valence-corrected chi connectivity index (χ2v) is 12.1. The molecule has 2 aromatic rings. The molecule has 1 aromatic carbocycles. The van der Waals surface area contributed by atoms with E-state index in [0.29, 0.717) is 6.54 Å². The molecule has 8 heteroatoms. The van der Waals surface area contributed by atoms with Crippen molar-refractivity contribution in [3.8, 4) is 11.1 Å². The van der Waals surface area contributed by atoms with E-state index >= 15 is 0 Å². The Morgan fingerprint density at radius 2 is 1.90 bits per heavy atom. The molecule has 2 rings (SSSR count). The number of ether oxygens (including phenoxy) is 1. The van der Waals surface area contributed by atoms with Crippen molar-refractivity contribution in [1.82, 2.24) is 9.62 Å². The SMILES string of the molecule is CN(Cc1ccccc1-c1csc([C@@H](N)N[S@+]([O-])C(C)(C)C)c1)C(=O)OC(C)(C)C. The van der Waals surface area contributed by atoms with Crippen LogP contribution in [0, 0.1) is 0 Å². The van der Waals surface area contributed by atoms with Crippen LogP contribution in [0.25, 0.3) is 11.1 Å². The maximum absolute atomic E-state index is 12.3. The van der Waals surface area contributed by atoms with Crippen molar-refractivity contribution in [2.75, 3.05) is 7.05 Å². The van der Waals surface area contributed by atoms with Crippen molar-refractivity contribution >= 4 is 28.8 Å². The Kier molecular flexibility index (Phi) is 7.98. The Balaban J connectivity index is 2.17. The van der Waals surface area contributed by atoms with Crippen LogP contribution in [0.15, 0.2) is 35.7 Å². The fraction of sp³-hybridized carbons (Fsp3) is 0.500. The Morgan fingerprint density at radius 3 is 2.50 bits per heavy atom. The van der Waals surface area contributed by atoms with Gasteiger partial charge in [-0.3, -0.25) is 0 Å². The van der Waals surface area contributed by atoms with Crippen molar-refractivity contribution in [3.05, 3.63) is 46.2 Å². The molecule has 1 aromatic heterocycles. The monoisotopic (exact) mass is 451 g/mol. The average molecular weight is 452 g/mol. The molecule has 0 unspecified atom stereocenters. The third kappa shape index (κ3) is 6.99. The van der Waals surface area contributed by atoms with E-state index in [0.717, 1.165) is 21.6 Å². The Bertz CT molecular complexity index is 856. The van der Waals surface area contributed by atoms with Gasteiger partial charge in [-0.05, 0) is 69.7 Å². The molecular formula is C22H33N3O3S2. The van der Waals surface area contributed by atoms with Gasteiger partial charge in [-0.1, -0.05) is 24.3 Å². The summed E-state index contributed by atoms with van der Waals surface area (Å²) in [6, 6.07) is 9.95. The van der Waals surface area contributed by atoms with E-state index in [9.17, 15) is 9.35 Å². The Morgan fingerprint density at radius 1 is 1.27 bits per heavy atom. The van der Waals surface area contributed by atoms with Gasteiger partial charge in [-0.2, -0.15) is 0 Å². The van der Waals surface area contributed by atoms with Crippen LogP contribution in [-0.4, -0.2) is 32.9 Å². The fourth-order valence-corrected chi connectivity index (χ4v) is 4.25. The van der Waals surface area contributed by atoms with Crippen molar-refractivity contribution < 1.29 is 14.1 Å². The summed E-state index contributed by atoms with van der Waals surface area (Å²) in [5.74, 6) is 0. The van der Waals surface area contributed by atoms with E-state index in [1.165, 1.54) is 11.3 Å². The highest BCUT2D eigenvalue weighted by atomic mass is 32.2. The molecule has 6 nitrogen and oxygen atoms in total. The van der Waals surface area contributed by atoms with Gasteiger partial charge in [0, 0.05) is 29.8 Å². The fourth-order valence-electron chi connectivity index (χ4n) is 2.61. The molecule has 0 saturated heterocycles. The van der Waals surface area contributed by atoms with E-state index in [1.807, 2.05) is 77.3 Å². The van der Waals surface area contributed by atoms with Gasteiger partial charge in [-0.25, -0.2) is 4.79 Å². The molecule has 3 N–H and O–H groups in total. The smallest absolute Gasteiger partial charge is 0.410 e. The number of nitrogens with one attached hydrogen (secondary N) is 1. The van der Waals surface area contributed by atoms with E-state index in [2.05, 4.69) is 4.72 Å². The maximum atomic E-state index is 12.3. The number of hydrogen-bond donors (Lipinski definition) is 2. The maximum Gasteiger partial charge on any atom is 0.410 e. The van der Waals surface area contributed by atoms with Crippen LogP contribution in [0.3, 0.4) is 0 Å². The van der Waals surface area contributed by atoms with Gasteiger partial charge < -0.3 is 19.9 Å². The third-order valence-corrected chi connectivity index (χ3v) is 6.75. The molecule has 0 aliphatic carbocycles. The van der Waals surface area contributed by atoms with E-state index in [1.54, 1.807) is 11.9 Å². The van der Waals surface area contributed by atoms with Crippen molar-refractivity contribution in [2.45, 2.75) is 64.6 Å². The summed E-state index contributed by atoms with van der Waals surface area (Å²) < 4.78 is 20.4. The van der Waals surface area contributed by atoms with Crippen LogP contribution < -0.4 is 10.5 Å². The predicted molar refractivity (Wildman–Crippen MR) is 125 cm³/mol. The highest BCUT2D eigenvalue weighted by Gasteiger charge is 2.29. The van der Waals surface area contributed by atoms with E-state index < -0.39 is 27.9 Å². The molecule has 30 heavy (non-hydrogen) atoms. The molecule has 1 amide bonds. The summed E-state index contributed by atoms with van der Waals surface area (Å²) in [6.45, 7) is 11.7. The predicted octanol–water partition coefficient (Wildman–Crippen LogP) is 4.79. The number of thiophene rings is 1. The van der Waals surface area contributed by atoms with Gasteiger partial charge in [0.25, 0.3) is 0 Å². The van der Waals surface area contributed by atoms with Crippen LogP contribution >= 0.6 is 11.3 Å². The number of nitrogens with two attached hydrogens (primary N) is 1. The van der Waals surface area contributed by atoms with Crippen LogP contribution in [0.2, 0.25) is 0 Å². The standard InChI is InChI=1S/C22H33N3O3S2/c1-21(2,3)28-20(26)25(7)13-15-10-8-9-11-17(15)16-12-18(29-14-16)19(23)24-30(27)22(4,5)6/h8-12,14,19,24H,13,23H2,1-7H3/t19-,30+/m0/s1. The lowest BCUT2D eigenvalue weighted by Gasteiger charge is -2.26. The minimum absolute atomic E-state index is 0.362. The van der Waals surface area contributed by atoms with Gasteiger partial charge in [0.2, 0.25) is 0 Å². The molecule has 0 saturated carbocycles. The minimum Gasteiger partial charge on any atom is -0.598 e. The first-order valence-corrected chi connectivity index (χ1v) is 11.9. The molecule has 0 spiro atoms. The van der Waals surface area contributed by atoms with Crippen LogP contribution in [0.1, 0.15) is 58.1 Å². The summed E-state index contributed by atoms with van der Waals surface area (Å²) in [5, 5.41) is 2.03. The van der Waals surface area contributed by atoms with Crippen molar-refractivity contribution in [1.29, 1.82) is 0 Å².